The predicted octanol–water partition coefficient (Wildman–Crippen LogP) is 2.83. The molecule has 0 aliphatic carbocycles. The number of nitro groups is 1. The summed E-state index contributed by atoms with van der Waals surface area (Å²) in [5.41, 5.74) is -1.91. The molecule has 1 rings (SSSR count). The predicted molar refractivity (Wildman–Crippen MR) is 43.5 cm³/mol. The van der Waals surface area contributed by atoms with Crippen LogP contribution in [-0.2, 0) is 0 Å². The maximum absolute atomic E-state index is 12.7. The van der Waals surface area contributed by atoms with Crippen molar-refractivity contribution in [1.29, 1.82) is 0 Å². The van der Waals surface area contributed by atoms with Gasteiger partial charge in [-0.15, -0.1) is 0 Å². The summed E-state index contributed by atoms with van der Waals surface area (Å²) in [7, 11) is 0. The van der Waals surface area contributed by atoms with Gasteiger partial charge in [0.1, 0.15) is 5.56 Å². The van der Waals surface area contributed by atoms with Crippen LogP contribution in [0.25, 0.3) is 0 Å². The van der Waals surface area contributed by atoms with Gasteiger partial charge in [0.2, 0.25) is 5.95 Å². The van der Waals surface area contributed by atoms with Crippen molar-refractivity contribution in [3.05, 3.63) is 32.3 Å². The van der Waals surface area contributed by atoms with Crippen LogP contribution in [0.2, 0.25) is 0 Å². The van der Waals surface area contributed by atoms with Gasteiger partial charge in [-0.05, 0) is 15.9 Å². The Morgan fingerprint density at radius 2 is 2.14 bits per heavy atom. The monoisotopic (exact) mass is 270 g/mol. The maximum Gasteiger partial charge on any atom is 0.298 e. The third-order valence-electron chi connectivity index (χ3n) is 1.40. The van der Waals surface area contributed by atoms with E-state index in [0.717, 1.165) is 0 Å². The summed E-state index contributed by atoms with van der Waals surface area (Å²) >= 11 is 2.49. The zero-order chi connectivity index (χ0) is 10.9. The molecule has 0 bridgehead atoms. The van der Waals surface area contributed by atoms with Crippen molar-refractivity contribution >= 4 is 21.6 Å². The van der Waals surface area contributed by atoms with Crippen molar-refractivity contribution in [2.45, 2.75) is 6.43 Å². The van der Waals surface area contributed by atoms with E-state index in [1.54, 1.807) is 0 Å². The van der Waals surface area contributed by atoms with E-state index in [1.165, 1.54) is 0 Å². The van der Waals surface area contributed by atoms with Gasteiger partial charge in [-0.1, -0.05) is 0 Å². The van der Waals surface area contributed by atoms with Crippen molar-refractivity contribution in [3.8, 4) is 0 Å². The number of alkyl halides is 2. The van der Waals surface area contributed by atoms with Gasteiger partial charge >= 0.3 is 0 Å². The molecule has 1 aromatic heterocycles. The molecule has 0 amide bonds. The Bertz CT molecular complexity index is 386. The largest absolute Gasteiger partial charge is 0.298 e. The molecule has 0 fully saturated rings. The minimum Gasteiger partial charge on any atom is -0.258 e. The van der Waals surface area contributed by atoms with Crippen LogP contribution >= 0.6 is 15.9 Å². The summed E-state index contributed by atoms with van der Waals surface area (Å²) in [6.07, 6.45) is -2.62. The molecule has 8 heteroatoms. The summed E-state index contributed by atoms with van der Waals surface area (Å²) < 4.78 is 36.4. The summed E-state index contributed by atoms with van der Waals surface area (Å²) in [5, 5.41) is 10.3. The molecule has 0 aliphatic rings. The smallest absolute Gasteiger partial charge is 0.258 e. The molecule has 0 radical (unpaired) electrons. The zero-order valence-corrected chi connectivity index (χ0v) is 7.96. The third-order valence-corrected chi connectivity index (χ3v) is 2.10. The molecule has 0 unspecified atom stereocenters. The minimum absolute atomic E-state index is 0.447. The van der Waals surface area contributed by atoms with Gasteiger partial charge in [-0.3, -0.25) is 10.1 Å². The lowest BCUT2D eigenvalue weighted by atomic mass is 10.2. The summed E-state index contributed by atoms with van der Waals surface area (Å²) in [5.74, 6) is -1.19. The first-order valence-electron chi connectivity index (χ1n) is 3.21. The maximum atomic E-state index is 12.7. The van der Waals surface area contributed by atoms with Crippen molar-refractivity contribution in [2.75, 3.05) is 0 Å². The second-order valence-electron chi connectivity index (χ2n) is 2.22. The first-order valence-corrected chi connectivity index (χ1v) is 4.01. The van der Waals surface area contributed by atoms with Gasteiger partial charge in [0.15, 0.2) is 4.47 Å². The van der Waals surface area contributed by atoms with E-state index in [2.05, 4.69) is 20.9 Å². The molecule has 0 aliphatic heterocycles. The van der Waals surface area contributed by atoms with E-state index in [9.17, 15) is 23.3 Å². The van der Waals surface area contributed by atoms with Crippen LogP contribution in [0.15, 0.2) is 10.7 Å². The van der Waals surface area contributed by atoms with Gasteiger partial charge in [-0.25, -0.2) is 13.8 Å². The van der Waals surface area contributed by atoms with Crippen LogP contribution in [0, 0.1) is 16.1 Å². The molecule has 1 aromatic rings. The second kappa shape index (κ2) is 3.91. The molecule has 0 saturated heterocycles. The SMILES string of the molecule is O=[N+]([O-])c1c(C(F)F)cnc(F)c1Br. The molecule has 0 spiro atoms. The van der Waals surface area contributed by atoms with E-state index in [0.29, 0.717) is 6.20 Å². The summed E-state index contributed by atoms with van der Waals surface area (Å²) in [4.78, 5) is 12.2. The summed E-state index contributed by atoms with van der Waals surface area (Å²) in [6.45, 7) is 0. The Morgan fingerprint density at radius 1 is 1.57 bits per heavy atom. The van der Waals surface area contributed by atoms with Gasteiger partial charge < -0.3 is 0 Å². The Kier molecular flexibility index (Phi) is 3.04. The highest BCUT2D eigenvalue weighted by molar-refractivity contribution is 9.10. The first kappa shape index (κ1) is 10.9. The standard InChI is InChI=1S/C6H2BrF3N2O2/c7-3-4(12(13)14)2(5(8)9)1-11-6(3)10/h1,5H. The quantitative estimate of drug-likeness (QED) is 0.472. The lowest BCUT2D eigenvalue weighted by Gasteiger charge is -2.02. The van der Waals surface area contributed by atoms with E-state index < -0.39 is 33.0 Å². The van der Waals surface area contributed by atoms with Crippen molar-refractivity contribution < 1.29 is 18.1 Å². The normalized spacial score (nSPS) is 10.6. The lowest BCUT2D eigenvalue weighted by Crippen LogP contribution is -2.00. The number of halogens is 4. The first-order chi connectivity index (χ1) is 6.45. The highest BCUT2D eigenvalue weighted by Gasteiger charge is 2.27. The molecule has 1 heterocycles. The van der Waals surface area contributed by atoms with Crippen LogP contribution < -0.4 is 0 Å². The minimum atomic E-state index is -3.07. The van der Waals surface area contributed by atoms with Crippen LogP contribution in [0.5, 0.6) is 0 Å². The molecule has 76 valence electrons. The van der Waals surface area contributed by atoms with Gasteiger partial charge in [0, 0.05) is 6.20 Å². The van der Waals surface area contributed by atoms with E-state index in [4.69, 9.17) is 0 Å². The number of nitrogens with zero attached hydrogens (tertiary/aromatic N) is 2. The van der Waals surface area contributed by atoms with Crippen LogP contribution in [-0.4, -0.2) is 9.91 Å². The topological polar surface area (TPSA) is 56.0 Å². The fourth-order valence-corrected chi connectivity index (χ4v) is 1.29. The molecule has 0 atom stereocenters. The Labute approximate surface area is 84.0 Å². The van der Waals surface area contributed by atoms with Crippen LogP contribution in [0.3, 0.4) is 0 Å². The molecule has 0 N–H and O–H groups in total. The van der Waals surface area contributed by atoms with Crippen LogP contribution in [0.1, 0.15) is 12.0 Å². The number of pyridine rings is 1. The van der Waals surface area contributed by atoms with E-state index in [-0.39, 0.29) is 0 Å². The summed E-state index contributed by atoms with van der Waals surface area (Å²) in [6, 6.07) is 0. The average Bonchev–Trinajstić information content (AvgIpc) is 2.08. The van der Waals surface area contributed by atoms with E-state index >= 15 is 0 Å². The average molecular weight is 271 g/mol. The lowest BCUT2D eigenvalue weighted by molar-refractivity contribution is -0.387. The van der Waals surface area contributed by atoms with Crippen LogP contribution in [0.4, 0.5) is 18.9 Å². The van der Waals surface area contributed by atoms with Crippen molar-refractivity contribution in [2.24, 2.45) is 0 Å². The third kappa shape index (κ3) is 1.84. The van der Waals surface area contributed by atoms with Gasteiger partial charge in [0.25, 0.3) is 12.1 Å². The highest BCUT2D eigenvalue weighted by Crippen LogP contribution is 2.35. The molecule has 14 heavy (non-hydrogen) atoms. The highest BCUT2D eigenvalue weighted by atomic mass is 79.9. The van der Waals surface area contributed by atoms with Gasteiger partial charge in [0.05, 0.1) is 4.92 Å². The number of rotatable bonds is 2. The fourth-order valence-electron chi connectivity index (χ4n) is 0.814. The van der Waals surface area contributed by atoms with Crippen molar-refractivity contribution in [3.63, 3.8) is 0 Å². The zero-order valence-electron chi connectivity index (χ0n) is 6.38. The Hall–Kier alpha value is -1.18. The van der Waals surface area contributed by atoms with Crippen molar-refractivity contribution in [1.82, 2.24) is 4.98 Å². The van der Waals surface area contributed by atoms with E-state index in [1.807, 2.05) is 0 Å². The number of hydrogen-bond donors (Lipinski definition) is 0. The Balaban J connectivity index is 3.45. The molecule has 0 aromatic carbocycles. The fraction of sp³-hybridized carbons (Fsp3) is 0.167. The second-order valence-corrected chi connectivity index (χ2v) is 3.02. The molecule has 4 nitrogen and oxygen atoms in total. The molecule has 0 saturated carbocycles. The van der Waals surface area contributed by atoms with Gasteiger partial charge in [-0.2, -0.15) is 4.39 Å². The Morgan fingerprint density at radius 3 is 2.57 bits per heavy atom. The number of hydrogen-bond acceptors (Lipinski definition) is 3. The molecular weight excluding hydrogens is 269 g/mol. The number of aromatic nitrogens is 1. The molecular formula is C6H2BrF3N2O2.